The summed E-state index contributed by atoms with van der Waals surface area (Å²) in [6.45, 7) is 8.25. The van der Waals surface area contributed by atoms with Crippen LogP contribution in [0.25, 0.3) is 0 Å². The summed E-state index contributed by atoms with van der Waals surface area (Å²) in [5.41, 5.74) is 0. The molecule has 0 aliphatic rings. The molecule has 7 heteroatoms. The summed E-state index contributed by atoms with van der Waals surface area (Å²) in [6.07, 6.45) is 0.300. The van der Waals surface area contributed by atoms with Gasteiger partial charge < -0.3 is 9.05 Å². The number of hydrogen-bond donors (Lipinski definition) is 0. The monoisotopic (exact) mass is 272 g/mol. The van der Waals surface area contributed by atoms with Crippen molar-refractivity contribution in [2.75, 3.05) is 20.4 Å². The molecule has 0 radical (unpaired) electrons. The van der Waals surface area contributed by atoms with Gasteiger partial charge in [-0.2, -0.15) is 0 Å². The fourth-order valence-corrected chi connectivity index (χ4v) is 4.75. The van der Waals surface area contributed by atoms with Gasteiger partial charge in [0.05, 0.1) is 6.10 Å². The second-order valence-electron chi connectivity index (χ2n) is 3.99. The molecule has 0 aliphatic carbocycles. The molecule has 0 aliphatic heterocycles. The highest BCUT2D eigenvalue weighted by atomic mass is 31.2. The summed E-state index contributed by atoms with van der Waals surface area (Å²) in [5.74, 6) is -0.689. The zero-order valence-corrected chi connectivity index (χ0v) is 12.6. The second kappa shape index (κ2) is 6.32. The molecule has 0 N–H and O–H groups in total. The molecule has 0 rings (SSSR count). The molecule has 0 saturated carbocycles. The highest BCUT2D eigenvalue weighted by molar-refractivity contribution is 7.60. The smallest absolute Gasteiger partial charge is 0.324 e. The quantitative estimate of drug-likeness (QED) is 0.663. The van der Waals surface area contributed by atoms with E-state index in [9.17, 15) is 9.13 Å². The van der Waals surface area contributed by atoms with Crippen molar-refractivity contribution in [3.05, 3.63) is 0 Å². The lowest BCUT2D eigenvalue weighted by Gasteiger charge is -2.27. The zero-order chi connectivity index (χ0) is 13.0. The maximum absolute atomic E-state index is 12.2. The predicted octanol–water partition coefficient (Wildman–Crippen LogP) is 3.54. The minimum Gasteiger partial charge on any atom is -0.324 e. The van der Waals surface area contributed by atoms with E-state index in [0.29, 0.717) is 6.42 Å². The van der Waals surface area contributed by atoms with Gasteiger partial charge in [-0.15, -0.1) is 0 Å². The maximum atomic E-state index is 12.2. The van der Waals surface area contributed by atoms with Gasteiger partial charge in [-0.25, -0.2) is 0 Å². The van der Waals surface area contributed by atoms with Crippen molar-refractivity contribution in [2.24, 2.45) is 0 Å². The van der Waals surface area contributed by atoms with Crippen molar-refractivity contribution in [3.8, 4) is 0 Å². The predicted molar refractivity (Wildman–Crippen MR) is 65.5 cm³/mol. The maximum Gasteiger partial charge on any atom is 0.328 e. The molecule has 3 unspecified atom stereocenters. The van der Waals surface area contributed by atoms with E-state index in [4.69, 9.17) is 13.6 Å². The van der Waals surface area contributed by atoms with Gasteiger partial charge in [0.2, 0.25) is 7.37 Å². The van der Waals surface area contributed by atoms with E-state index < -0.39 is 20.8 Å². The van der Waals surface area contributed by atoms with Crippen LogP contribution in [0, 0.1) is 0 Å². The van der Waals surface area contributed by atoms with E-state index >= 15 is 0 Å². The molecule has 0 bridgehead atoms. The van der Waals surface area contributed by atoms with Crippen LogP contribution >= 0.6 is 15.0 Å². The van der Waals surface area contributed by atoms with Crippen molar-refractivity contribution >= 4 is 15.0 Å². The summed E-state index contributed by atoms with van der Waals surface area (Å²) in [4.78, 5) is 0. The van der Waals surface area contributed by atoms with Crippen molar-refractivity contribution in [1.29, 1.82) is 0 Å². The third-order valence-electron chi connectivity index (χ3n) is 1.94. The molecule has 5 nitrogen and oxygen atoms in total. The summed E-state index contributed by atoms with van der Waals surface area (Å²) >= 11 is 0. The Morgan fingerprint density at radius 2 is 1.62 bits per heavy atom. The van der Waals surface area contributed by atoms with Crippen LogP contribution in [-0.4, -0.2) is 32.4 Å². The van der Waals surface area contributed by atoms with E-state index in [1.54, 1.807) is 20.8 Å². The number of hydrogen-bond acceptors (Lipinski definition) is 5. The lowest BCUT2D eigenvalue weighted by molar-refractivity contribution is 0.173. The Bertz CT molecular complexity index is 302. The van der Waals surface area contributed by atoms with Gasteiger partial charge in [0.1, 0.15) is 5.85 Å². The molecule has 0 aromatic rings. The number of rotatable bonds is 7. The molecule has 0 saturated heterocycles. The third kappa shape index (κ3) is 5.60. The summed E-state index contributed by atoms with van der Waals surface area (Å²) in [5, 5.41) is 0. The molecule has 0 aromatic heterocycles. The second-order valence-corrected chi connectivity index (χ2v) is 8.71. The first-order valence-corrected chi connectivity index (χ1v) is 9.35. The first kappa shape index (κ1) is 16.3. The molecule has 0 spiro atoms. The molecule has 0 heterocycles. The van der Waals surface area contributed by atoms with Crippen LogP contribution in [0.4, 0.5) is 0 Å². The Balaban J connectivity index is 4.73. The summed E-state index contributed by atoms with van der Waals surface area (Å²) < 4.78 is 39.2. The average Bonchev–Trinajstić information content (AvgIpc) is 2.12. The van der Waals surface area contributed by atoms with Gasteiger partial charge in [0.25, 0.3) is 0 Å². The first-order chi connectivity index (χ1) is 7.14. The SMILES string of the molecule is CCC(OP(C)(=O)OC)P(C)(=O)OC(C)C. The standard InChI is InChI=1S/C9H22O5P2/c1-7-9(14-16(6,11)12-4)15(5,10)13-8(2)3/h8-9H,7H2,1-6H3. The third-order valence-corrected chi connectivity index (χ3v) is 5.76. The van der Waals surface area contributed by atoms with Crippen molar-refractivity contribution in [2.45, 2.75) is 39.1 Å². The van der Waals surface area contributed by atoms with E-state index in [-0.39, 0.29) is 6.10 Å². The normalized spacial score (nSPS) is 21.4. The summed E-state index contributed by atoms with van der Waals surface area (Å²) in [6, 6.07) is 0. The van der Waals surface area contributed by atoms with E-state index in [2.05, 4.69) is 0 Å². The van der Waals surface area contributed by atoms with Gasteiger partial charge in [-0.3, -0.25) is 13.7 Å². The zero-order valence-electron chi connectivity index (χ0n) is 10.8. The molecular weight excluding hydrogens is 250 g/mol. The molecule has 3 atom stereocenters. The van der Waals surface area contributed by atoms with Gasteiger partial charge in [0.15, 0.2) is 0 Å². The molecule has 0 fully saturated rings. The Kier molecular flexibility index (Phi) is 6.45. The Labute approximate surface area is 97.8 Å². The highest BCUT2D eigenvalue weighted by Gasteiger charge is 2.34. The van der Waals surface area contributed by atoms with Crippen molar-refractivity contribution in [1.82, 2.24) is 0 Å². The molecule has 16 heavy (non-hydrogen) atoms. The lowest BCUT2D eigenvalue weighted by atomic mass is 10.5. The van der Waals surface area contributed by atoms with Crippen LogP contribution in [-0.2, 0) is 22.7 Å². The fourth-order valence-electron chi connectivity index (χ4n) is 1.24. The van der Waals surface area contributed by atoms with Crippen LogP contribution < -0.4 is 0 Å². The Morgan fingerprint density at radius 3 is 1.94 bits per heavy atom. The van der Waals surface area contributed by atoms with Crippen LogP contribution in [0.1, 0.15) is 27.2 Å². The van der Waals surface area contributed by atoms with Crippen LogP contribution in [0.2, 0.25) is 0 Å². The van der Waals surface area contributed by atoms with Gasteiger partial charge in [-0.05, 0) is 20.3 Å². The van der Waals surface area contributed by atoms with Crippen LogP contribution in [0.3, 0.4) is 0 Å². The molecule has 0 aromatic carbocycles. The minimum atomic E-state index is -3.14. The highest BCUT2D eigenvalue weighted by Crippen LogP contribution is 2.57. The lowest BCUT2D eigenvalue weighted by Crippen LogP contribution is -2.15. The average molecular weight is 272 g/mol. The topological polar surface area (TPSA) is 61.8 Å². The van der Waals surface area contributed by atoms with Crippen molar-refractivity contribution in [3.63, 3.8) is 0 Å². The van der Waals surface area contributed by atoms with E-state index in [1.807, 2.05) is 0 Å². The first-order valence-electron chi connectivity index (χ1n) is 5.22. The largest absolute Gasteiger partial charge is 0.328 e. The molecule has 0 amide bonds. The Morgan fingerprint density at radius 1 is 1.12 bits per heavy atom. The van der Waals surface area contributed by atoms with Gasteiger partial charge in [0, 0.05) is 20.4 Å². The van der Waals surface area contributed by atoms with E-state index in [1.165, 1.54) is 20.4 Å². The van der Waals surface area contributed by atoms with Gasteiger partial charge >= 0.3 is 7.60 Å². The Hall–Kier alpha value is 0.340. The summed E-state index contributed by atoms with van der Waals surface area (Å²) in [7, 11) is -4.78. The molecule has 98 valence electrons. The fraction of sp³-hybridized carbons (Fsp3) is 1.00. The van der Waals surface area contributed by atoms with Gasteiger partial charge in [-0.1, -0.05) is 6.92 Å². The van der Waals surface area contributed by atoms with Crippen LogP contribution in [0.15, 0.2) is 0 Å². The van der Waals surface area contributed by atoms with Crippen LogP contribution in [0.5, 0.6) is 0 Å². The minimum absolute atomic E-state index is 0.160. The van der Waals surface area contributed by atoms with E-state index in [0.717, 1.165) is 0 Å². The van der Waals surface area contributed by atoms with Crippen molar-refractivity contribution < 1.29 is 22.7 Å². The molecular formula is C9H22O5P2.